The number of benzene rings is 1. The first kappa shape index (κ1) is 39.7. The fraction of sp³-hybridized carbons (Fsp3) is 0.552. The number of phenolic OH excluding ortho intramolecular Hbond substituents is 1. The van der Waals surface area contributed by atoms with Crippen molar-refractivity contribution in [1.29, 1.82) is 0 Å². The van der Waals surface area contributed by atoms with Crippen molar-refractivity contribution in [2.45, 2.75) is 69.4 Å². The molecular formula is C29H44N8O10S. The number of aliphatic hydroxyl groups excluding tert-OH is 2. The molecule has 48 heavy (non-hydrogen) atoms. The zero-order chi connectivity index (χ0) is 36.0. The largest absolute Gasteiger partial charge is 0.508 e. The molecule has 19 heteroatoms. The fourth-order valence-corrected chi connectivity index (χ4v) is 5.49. The number of phenols is 1. The lowest BCUT2D eigenvalue weighted by atomic mass is 10.0. The van der Waals surface area contributed by atoms with Crippen LogP contribution in [0.3, 0.4) is 0 Å². The second-order valence-electron chi connectivity index (χ2n) is 11.1. The molecule has 2 rings (SSSR count). The molecule has 1 aliphatic heterocycles. The number of thioether (sulfide) groups is 1. The minimum atomic E-state index is -1.45. The minimum absolute atomic E-state index is 0.0436. The molecule has 1 fully saturated rings. The van der Waals surface area contributed by atoms with E-state index in [1.165, 1.54) is 43.0 Å². The average molecular weight is 697 g/mol. The van der Waals surface area contributed by atoms with Gasteiger partial charge in [0.05, 0.1) is 25.1 Å². The van der Waals surface area contributed by atoms with Gasteiger partial charge in [-0.1, -0.05) is 12.1 Å². The summed E-state index contributed by atoms with van der Waals surface area (Å²) >= 11 is 1.08. The van der Waals surface area contributed by atoms with E-state index >= 15 is 0 Å². The van der Waals surface area contributed by atoms with Gasteiger partial charge in [-0.3, -0.25) is 33.6 Å². The second kappa shape index (κ2) is 19.4. The molecule has 0 spiro atoms. The highest BCUT2D eigenvalue weighted by atomic mass is 32.2. The lowest BCUT2D eigenvalue weighted by Crippen LogP contribution is -2.60. The Kier molecular flexibility index (Phi) is 16.0. The maximum absolute atomic E-state index is 13.7. The number of nitrogens with zero attached hydrogens (tertiary/aromatic N) is 1. The third-order valence-corrected chi connectivity index (χ3v) is 8.16. The van der Waals surface area contributed by atoms with E-state index in [4.69, 9.17) is 11.5 Å². The van der Waals surface area contributed by atoms with Crippen molar-refractivity contribution in [1.82, 2.24) is 31.5 Å². The summed E-state index contributed by atoms with van der Waals surface area (Å²) in [6, 6.07) is -1.74. The molecule has 1 unspecified atom stereocenters. The number of hydrogen-bond acceptors (Lipinski definition) is 12. The Balaban J connectivity index is 2.30. The number of rotatable bonds is 18. The molecular weight excluding hydrogens is 652 g/mol. The number of hydrogen-bond donors (Lipinski definition) is 10. The number of aliphatic hydroxyl groups is 2. The molecule has 1 aliphatic rings. The summed E-state index contributed by atoms with van der Waals surface area (Å²) in [5.41, 5.74) is 11.3. The van der Waals surface area contributed by atoms with Crippen LogP contribution in [0.2, 0.25) is 0 Å². The first-order valence-electron chi connectivity index (χ1n) is 15.1. The summed E-state index contributed by atoms with van der Waals surface area (Å²) in [6.07, 6.45) is 0.499. The van der Waals surface area contributed by atoms with Gasteiger partial charge in [-0.15, -0.1) is 11.8 Å². The molecule has 1 aromatic carbocycles. The molecule has 0 aliphatic carbocycles. The number of likely N-dealkylation sites (tertiary alicyclic amines) is 1. The van der Waals surface area contributed by atoms with Gasteiger partial charge in [0.15, 0.2) is 0 Å². The summed E-state index contributed by atoms with van der Waals surface area (Å²) in [5, 5.41) is 41.2. The van der Waals surface area contributed by atoms with Crippen molar-refractivity contribution in [2.75, 3.05) is 31.4 Å². The Morgan fingerprint density at radius 1 is 0.896 bits per heavy atom. The summed E-state index contributed by atoms with van der Waals surface area (Å²) < 4.78 is 0. The third kappa shape index (κ3) is 12.3. The SMILES string of the molecule is CC(=O)NCSC[C@H](NC(=O)C1CCCN1C(=O)[C@H](CO)NC(=O)[C@H](C)N)C(=O)N[C@@H](Cc1ccc(O)cc1)C(=O)N[C@@H](CO)C(N)=O. The van der Waals surface area contributed by atoms with Crippen LogP contribution in [0.25, 0.3) is 0 Å². The molecule has 1 saturated heterocycles. The summed E-state index contributed by atoms with van der Waals surface area (Å²) in [6.45, 7) is 1.28. The van der Waals surface area contributed by atoms with E-state index in [0.717, 1.165) is 11.8 Å². The normalized spacial score (nSPS) is 17.2. The van der Waals surface area contributed by atoms with E-state index in [1.54, 1.807) is 0 Å². The quantitative estimate of drug-likeness (QED) is 0.0513. The Labute approximate surface area is 281 Å². The molecule has 12 N–H and O–H groups in total. The molecule has 18 nitrogen and oxygen atoms in total. The van der Waals surface area contributed by atoms with Crippen molar-refractivity contribution in [2.24, 2.45) is 11.5 Å². The number of aromatic hydroxyl groups is 1. The van der Waals surface area contributed by atoms with Crippen LogP contribution in [0.1, 0.15) is 32.3 Å². The molecule has 1 aromatic rings. The Morgan fingerprint density at radius 3 is 2.04 bits per heavy atom. The first-order chi connectivity index (χ1) is 22.7. The highest BCUT2D eigenvalue weighted by molar-refractivity contribution is 7.99. The zero-order valence-electron chi connectivity index (χ0n) is 26.6. The number of nitrogens with one attached hydrogen (secondary N) is 5. The summed E-state index contributed by atoms with van der Waals surface area (Å²) in [4.78, 5) is 89.9. The van der Waals surface area contributed by atoms with E-state index < -0.39 is 84.9 Å². The van der Waals surface area contributed by atoms with Gasteiger partial charge in [0.1, 0.15) is 36.0 Å². The predicted octanol–water partition coefficient (Wildman–Crippen LogP) is -4.49. The second-order valence-corrected chi connectivity index (χ2v) is 12.1. The van der Waals surface area contributed by atoms with Crippen LogP contribution in [0, 0.1) is 0 Å². The molecule has 7 amide bonds. The van der Waals surface area contributed by atoms with Crippen LogP contribution < -0.4 is 38.1 Å². The number of primary amides is 1. The topological polar surface area (TPSA) is 296 Å². The van der Waals surface area contributed by atoms with E-state index in [0.29, 0.717) is 12.0 Å². The van der Waals surface area contributed by atoms with Crippen molar-refractivity contribution in [3.05, 3.63) is 29.8 Å². The molecule has 1 heterocycles. The van der Waals surface area contributed by atoms with Crippen LogP contribution >= 0.6 is 11.8 Å². The van der Waals surface area contributed by atoms with Gasteiger partial charge in [-0.25, -0.2) is 0 Å². The van der Waals surface area contributed by atoms with Gasteiger partial charge < -0.3 is 58.3 Å². The maximum atomic E-state index is 13.7. The highest BCUT2D eigenvalue weighted by Gasteiger charge is 2.39. The van der Waals surface area contributed by atoms with E-state index in [-0.39, 0.29) is 42.7 Å². The number of amides is 7. The monoisotopic (exact) mass is 696 g/mol. The number of carbonyl (C=O) groups is 7. The molecule has 0 aromatic heterocycles. The zero-order valence-corrected chi connectivity index (χ0v) is 27.5. The Bertz CT molecular complexity index is 1320. The summed E-state index contributed by atoms with van der Waals surface area (Å²) in [7, 11) is 0. The average Bonchev–Trinajstić information content (AvgIpc) is 3.54. The lowest BCUT2D eigenvalue weighted by molar-refractivity contribution is -0.143. The molecule has 0 saturated carbocycles. The van der Waals surface area contributed by atoms with Gasteiger partial charge in [0.25, 0.3) is 0 Å². The third-order valence-electron chi connectivity index (χ3n) is 7.24. The minimum Gasteiger partial charge on any atom is -0.508 e. The van der Waals surface area contributed by atoms with Crippen LogP contribution in [-0.4, -0.2) is 129 Å². The molecule has 0 radical (unpaired) electrons. The van der Waals surface area contributed by atoms with Gasteiger partial charge in [-0.05, 0) is 37.5 Å². The lowest BCUT2D eigenvalue weighted by Gasteiger charge is -2.30. The van der Waals surface area contributed by atoms with Gasteiger partial charge in [-0.2, -0.15) is 0 Å². The Hall–Kier alpha value is -4.46. The van der Waals surface area contributed by atoms with E-state index in [9.17, 15) is 48.9 Å². The van der Waals surface area contributed by atoms with Gasteiger partial charge >= 0.3 is 0 Å². The van der Waals surface area contributed by atoms with Crippen LogP contribution in [0.15, 0.2) is 24.3 Å². The number of carbonyl (C=O) groups excluding carboxylic acids is 7. The van der Waals surface area contributed by atoms with Crippen LogP contribution in [-0.2, 0) is 40.0 Å². The number of nitrogens with two attached hydrogens (primary N) is 2. The van der Waals surface area contributed by atoms with Gasteiger partial charge in [0, 0.05) is 25.6 Å². The van der Waals surface area contributed by atoms with Crippen molar-refractivity contribution in [3.63, 3.8) is 0 Å². The molecule has 266 valence electrons. The molecule has 6 atom stereocenters. The van der Waals surface area contributed by atoms with Crippen LogP contribution in [0.5, 0.6) is 5.75 Å². The molecule has 0 bridgehead atoms. The predicted molar refractivity (Wildman–Crippen MR) is 172 cm³/mol. The first-order valence-corrected chi connectivity index (χ1v) is 16.2. The summed E-state index contributed by atoms with van der Waals surface area (Å²) in [5.74, 6) is -5.22. The smallest absolute Gasteiger partial charge is 0.248 e. The van der Waals surface area contributed by atoms with Crippen molar-refractivity contribution >= 4 is 53.1 Å². The van der Waals surface area contributed by atoms with E-state index in [2.05, 4.69) is 26.6 Å². The van der Waals surface area contributed by atoms with Gasteiger partial charge in [0.2, 0.25) is 41.4 Å². The van der Waals surface area contributed by atoms with Crippen LogP contribution in [0.4, 0.5) is 0 Å². The van der Waals surface area contributed by atoms with E-state index in [1.807, 2.05) is 0 Å². The van der Waals surface area contributed by atoms with Crippen molar-refractivity contribution in [3.8, 4) is 5.75 Å². The standard InChI is InChI=1S/C29H44N8O10S/c1-15(30)25(43)35-21(12-39)29(47)37-9-3-4-23(37)28(46)36-22(13-48-14-32-16(2)40)27(45)33-19(10-17-5-7-18(41)8-6-17)26(44)34-20(11-38)24(31)42/h5-8,15,19-23,38-39,41H,3-4,9-14,30H2,1-2H3,(H2,31,42)(H,32,40)(H,33,45)(H,34,44)(H,35,43)(H,36,46)/t15-,19-,20-,21-,22-,23?/m0/s1. The highest BCUT2D eigenvalue weighted by Crippen LogP contribution is 2.19. The van der Waals surface area contributed by atoms with Crippen molar-refractivity contribution < 1.29 is 48.9 Å². The maximum Gasteiger partial charge on any atom is 0.248 e. The fourth-order valence-electron chi connectivity index (χ4n) is 4.60. The Morgan fingerprint density at radius 2 is 1.48 bits per heavy atom.